The molecular formula is C26H19Cl2F3N2O3. The predicted molar refractivity (Wildman–Crippen MR) is 133 cm³/mol. The number of carbonyl (C=O) groups excluding carboxylic acids is 2. The molecule has 0 atom stereocenters. The molecule has 1 heterocycles. The number of aromatic nitrogens is 1. The molecule has 36 heavy (non-hydrogen) atoms. The number of ether oxygens (including phenoxy) is 1. The summed E-state index contributed by atoms with van der Waals surface area (Å²) < 4.78 is 49.9. The van der Waals surface area contributed by atoms with Gasteiger partial charge in [-0.25, -0.2) is 0 Å². The van der Waals surface area contributed by atoms with Crippen molar-refractivity contribution < 1.29 is 27.5 Å². The van der Waals surface area contributed by atoms with Crippen molar-refractivity contribution in [3.05, 3.63) is 93.6 Å². The summed E-state index contributed by atoms with van der Waals surface area (Å²) in [5.74, 6) is -2.27. The van der Waals surface area contributed by atoms with E-state index in [1.807, 2.05) is 0 Å². The number of amides is 1. The van der Waals surface area contributed by atoms with Gasteiger partial charge in [-0.15, -0.1) is 0 Å². The standard InChI is InChI=1S/C26H19Cl2F3N2O3/c1-2-36-19-11-12-21-20(13-19)22(23(34)25(35)32-18-9-7-17(28)8-10-18)24(26(29,30)31)33(21)14-15-3-5-16(27)6-4-15/h3-13H,2,14H2,1H3,(H,32,35). The lowest BCUT2D eigenvalue weighted by atomic mass is 10.0. The Morgan fingerprint density at radius 3 is 2.14 bits per heavy atom. The van der Waals surface area contributed by atoms with E-state index in [-0.39, 0.29) is 35.5 Å². The van der Waals surface area contributed by atoms with Crippen molar-refractivity contribution in [2.24, 2.45) is 0 Å². The number of rotatable bonds is 7. The molecule has 3 aromatic carbocycles. The van der Waals surface area contributed by atoms with Gasteiger partial charge in [0.05, 0.1) is 12.2 Å². The number of hydrogen-bond donors (Lipinski definition) is 1. The van der Waals surface area contributed by atoms with Gasteiger partial charge in [0.25, 0.3) is 11.7 Å². The number of Topliss-reactive ketones (excluding diaryl/α,β-unsaturated/α-hetero) is 1. The molecule has 0 aliphatic carbocycles. The first kappa shape index (κ1) is 25.6. The predicted octanol–water partition coefficient (Wildman–Crippen LogP) is 7.24. The van der Waals surface area contributed by atoms with Crippen LogP contribution in [0.1, 0.15) is 28.5 Å². The van der Waals surface area contributed by atoms with Crippen molar-refractivity contribution in [2.75, 3.05) is 11.9 Å². The van der Waals surface area contributed by atoms with Gasteiger partial charge in [0.1, 0.15) is 11.4 Å². The second-order valence-corrected chi connectivity index (χ2v) is 8.71. The van der Waals surface area contributed by atoms with Gasteiger partial charge in [-0.3, -0.25) is 9.59 Å². The van der Waals surface area contributed by atoms with Crippen molar-refractivity contribution in [1.29, 1.82) is 0 Å². The third-order valence-corrected chi connectivity index (χ3v) is 5.91. The maximum Gasteiger partial charge on any atom is 0.432 e. The van der Waals surface area contributed by atoms with Crippen LogP contribution in [-0.4, -0.2) is 22.9 Å². The quantitative estimate of drug-likeness (QED) is 0.201. The zero-order chi connectivity index (χ0) is 26.0. The summed E-state index contributed by atoms with van der Waals surface area (Å²) in [6.07, 6.45) is -4.94. The third-order valence-electron chi connectivity index (χ3n) is 5.40. The van der Waals surface area contributed by atoms with Crippen LogP contribution >= 0.6 is 23.2 Å². The van der Waals surface area contributed by atoms with Crippen LogP contribution < -0.4 is 10.1 Å². The van der Waals surface area contributed by atoms with Gasteiger partial charge in [-0.05, 0) is 67.1 Å². The Labute approximate surface area is 214 Å². The molecule has 0 unspecified atom stereocenters. The maximum atomic E-state index is 14.5. The minimum atomic E-state index is -4.94. The number of halogens is 5. The van der Waals surface area contributed by atoms with Crippen molar-refractivity contribution in [3.8, 4) is 5.75 Å². The van der Waals surface area contributed by atoms with Crippen molar-refractivity contribution in [3.63, 3.8) is 0 Å². The molecule has 1 amide bonds. The lowest BCUT2D eigenvalue weighted by Crippen LogP contribution is -2.26. The topological polar surface area (TPSA) is 60.3 Å². The highest BCUT2D eigenvalue weighted by Gasteiger charge is 2.42. The second kappa shape index (κ2) is 10.2. The molecule has 0 radical (unpaired) electrons. The van der Waals surface area contributed by atoms with Crippen LogP contribution in [-0.2, 0) is 17.5 Å². The molecular weight excluding hydrogens is 516 g/mol. The highest BCUT2D eigenvalue weighted by atomic mass is 35.5. The largest absolute Gasteiger partial charge is 0.494 e. The lowest BCUT2D eigenvalue weighted by Gasteiger charge is -2.15. The summed E-state index contributed by atoms with van der Waals surface area (Å²) in [5.41, 5.74) is -1.10. The summed E-state index contributed by atoms with van der Waals surface area (Å²) in [5, 5.41) is 3.13. The van der Waals surface area contributed by atoms with Crippen LogP contribution in [0.4, 0.5) is 18.9 Å². The fraction of sp³-hybridized carbons (Fsp3) is 0.154. The molecule has 0 saturated heterocycles. The number of nitrogens with zero attached hydrogens (tertiary/aromatic N) is 1. The Bertz CT molecular complexity index is 1430. The van der Waals surface area contributed by atoms with E-state index in [0.29, 0.717) is 15.6 Å². The Hall–Kier alpha value is -3.49. The molecule has 0 aliphatic heterocycles. The number of anilines is 1. The fourth-order valence-electron chi connectivity index (χ4n) is 3.89. The monoisotopic (exact) mass is 534 g/mol. The number of benzene rings is 3. The van der Waals surface area contributed by atoms with Crippen molar-refractivity contribution >= 4 is 51.5 Å². The number of ketones is 1. The first-order valence-electron chi connectivity index (χ1n) is 10.8. The molecule has 0 bridgehead atoms. The van der Waals surface area contributed by atoms with Crippen molar-refractivity contribution in [2.45, 2.75) is 19.6 Å². The molecule has 0 spiro atoms. The molecule has 0 aliphatic rings. The zero-order valence-electron chi connectivity index (χ0n) is 18.8. The summed E-state index contributed by atoms with van der Waals surface area (Å²) in [7, 11) is 0. The maximum absolute atomic E-state index is 14.5. The number of nitrogens with one attached hydrogen (secondary N) is 1. The normalized spacial score (nSPS) is 11.5. The SMILES string of the molecule is CCOc1ccc2c(c1)c(C(=O)C(=O)Nc1ccc(Cl)cc1)c(C(F)(F)F)n2Cc1ccc(Cl)cc1. The minimum absolute atomic E-state index is 0.0431. The molecule has 0 fully saturated rings. The highest BCUT2D eigenvalue weighted by molar-refractivity contribution is 6.48. The summed E-state index contributed by atoms with van der Waals surface area (Å²) in [4.78, 5) is 26.1. The van der Waals surface area contributed by atoms with E-state index in [4.69, 9.17) is 27.9 Å². The average Bonchev–Trinajstić information content (AvgIpc) is 3.15. The number of carbonyl (C=O) groups is 2. The lowest BCUT2D eigenvalue weighted by molar-refractivity contribution is -0.143. The van der Waals surface area contributed by atoms with Gasteiger partial charge in [0.2, 0.25) is 0 Å². The first-order valence-corrected chi connectivity index (χ1v) is 11.6. The zero-order valence-corrected chi connectivity index (χ0v) is 20.3. The van der Waals surface area contributed by atoms with E-state index in [1.165, 1.54) is 42.5 Å². The molecule has 0 saturated carbocycles. The van der Waals surface area contributed by atoms with Gasteiger partial charge in [-0.1, -0.05) is 35.3 Å². The highest BCUT2D eigenvalue weighted by Crippen LogP contribution is 2.40. The third kappa shape index (κ3) is 5.34. The first-order chi connectivity index (χ1) is 17.1. The van der Waals surface area contributed by atoms with E-state index >= 15 is 0 Å². The van der Waals surface area contributed by atoms with Gasteiger partial charge in [-0.2, -0.15) is 13.2 Å². The molecule has 1 N–H and O–H groups in total. The van der Waals surface area contributed by atoms with E-state index < -0.39 is 29.1 Å². The number of fused-ring (bicyclic) bond motifs is 1. The Morgan fingerprint density at radius 1 is 0.944 bits per heavy atom. The van der Waals surface area contributed by atoms with E-state index in [2.05, 4.69) is 5.32 Å². The van der Waals surface area contributed by atoms with Crippen LogP contribution in [0.2, 0.25) is 10.0 Å². The Kier molecular flexibility index (Phi) is 7.28. The number of alkyl halides is 3. The summed E-state index contributed by atoms with van der Waals surface area (Å²) in [6.45, 7) is 1.79. The van der Waals surface area contributed by atoms with Crippen LogP contribution in [0.15, 0.2) is 66.7 Å². The smallest absolute Gasteiger partial charge is 0.432 e. The molecule has 4 aromatic rings. The van der Waals surface area contributed by atoms with Gasteiger partial charge < -0.3 is 14.6 Å². The van der Waals surface area contributed by atoms with E-state index in [0.717, 1.165) is 4.57 Å². The van der Waals surface area contributed by atoms with Crippen LogP contribution in [0.3, 0.4) is 0 Å². The van der Waals surface area contributed by atoms with Crippen LogP contribution in [0.5, 0.6) is 5.75 Å². The van der Waals surface area contributed by atoms with Crippen LogP contribution in [0, 0.1) is 0 Å². The summed E-state index contributed by atoms with van der Waals surface area (Å²) in [6, 6.07) is 16.5. The van der Waals surface area contributed by atoms with Gasteiger partial charge in [0.15, 0.2) is 0 Å². The van der Waals surface area contributed by atoms with Crippen molar-refractivity contribution in [1.82, 2.24) is 4.57 Å². The fourth-order valence-corrected chi connectivity index (χ4v) is 4.14. The van der Waals surface area contributed by atoms with Gasteiger partial charge in [0, 0.05) is 33.2 Å². The summed E-state index contributed by atoms with van der Waals surface area (Å²) >= 11 is 11.8. The Morgan fingerprint density at radius 2 is 1.56 bits per heavy atom. The second-order valence-electron chi connectivity index (χ2n) is 7.84. The molecule has 4 rings (SSSR count). The minimum Gasteiger partial charge on any atom is -0.494 e. The molecule has 186 valence electrons. The Balaban J connectivity index is 1.89. The van der Waals surface area contributed by atoms with Gasteiger partial charge >= 0.3 is 6.18 Å². The number of hydrogen-bond acceptors (Lipinski definition) is 3. The average molecular weight is 535 g/mol. The van der Waals surface area contributed by atoms with Crippen LogP contribution in [0.25, 0.3) is 10.9 Å². The van der Waals surface area contributed by atoms with E-state index in [1.54, 1.807) is 31.2 Å². The van der Waals surface area contributed by atoms with E-state index in [9.17, 15) is 22.8 Å². The molecule has 1 aromatic heterocycles. The molecule has 10 heteroatoms. The molecule has 5 nitrogen and oxygen atoms in total.